The van der Waals surface area contributed by atoms with Crippen molar-refractivity contribution in [2.24, 2.45) is 5.41 Å². The molecule has 3 nitrogen and oxygen atoms in total. The molecule has 0 saturated heterocycles. The largest absolute Gasteiger partial charge is 0.347 e. The number of rotatable bonds is 3. The van der Waals surface area contributed by atoms with Gasteiger partial charge in [0.2, 0.25) is 0 Å². The van der Waals surface area contributed by atoms with Crippen LogP contribution in [0.25, 0.3) is 10.9 Å². The summed E-state index contributed by atoms with van der Waals surface area (Å²) in [6, 6.07) is 12.3. The van der Waals surface area contributed by atoms with Crippen molar-refractivity contribution >= 4 is 10.9 Å². The van der Waals surface area contributed by atoms with Gasteiger partial charge in [-0.2, -0.15) is 10.5 Å². The fourth-order valence-corrected chi connectivity index (χ4v) is 2.49. The second-order valence-electron chi connectivity index (χ2n) is 5.16. The molecule has 0 bridgehead atoms. The minimum absolute atomic E-state index is 0.184. The van der Waals surface area contributed by atoms with E-state index in [4.69, 9.17) is 10.5 Å². The van der Waals surface area contributed by atoms with Crippen LogP contribution >= 0.6 is 0 Å². The van der Waals surface area contributed by atoms with Gasteiger partial charge in [-0.1, -0.05) is 6.07 Å². The van der Waals surface area contributed by atoms with Gasteiger partial charge in [-0.3, -0.25) is 0 Å². The Labute approximate surface area is 106 Å². The molecule has 0 unspecified atom stereocenters. The van der Waals surface area contributed by atoms with Gasteiger partial charge in [-0.25, -0.2) is 0 Å². The summed E-state index contributed by atoms with van der Waals surface area (Å²) in [4.78, 5) is 0. The predicted octanol–water partition coefficient (Wildman–Crippen LogP) is 3.21. The van der Waals surface area contributed by atoms with Crippen LogP contribution in [0, 0.1) is 28.1 Å². The van der Waals surface area contributed by atoms with Crippen molar-refractivity contribution in [3.05, 3.63) is 36.0 Å². The molecular weight excluding hydrogens is 222 g/mol. The molecule has 0 atom stereocenters. The first kappa shape index (κ1) is 10.9. The monoisotopic (exact) mass is 235 g/mol. The highest BCUT2D eigenvalue weighted by Gasteiger charge is 2.42. The van der Waals surface area contributed by atoms with Gasteiger partial charge in [-0.05, 0) is 36.4 Å². The van der Waals surface area contributed by atoms with Crippen LogP contribution < -0.4 is 0 Å². The maximum absolute atomic E-state index is 8.95. The SMILES string of the molecule is N#CCC1(Cn2ccc3ccc(C#N)cc32)CC1. The van der Waals surface area contributed by atoms with E-state index >= 15 is 0 Å². The molecule has 1 fully saturated rings. The second kappa shape index (κ2) is 3.89. The summed E-state index contributed by atoms with van der Waals surface area (Å²) in [6.45, 7) is 0.888. The lowest BCUT2D eigenvalue weighted by molar-refractivity contribution is 0.440. The van der Waals surface area contributed by atoms with Crippen LogP contribution in [0.15, 0.2) is 30.5 Å². The maximum atomic E-state index is 8.95. The molecule has 2 aromatic rings. The molecule has 1 heterocycles. The third-order valence-corrected chi connectivity index (χ3v) is 3.82. The number of aromatic nitrogens is 1. The quantitative estimate of drug-likeness (QED) is 0.820. The van der Waals surface area contributed by atoms with Gasteiger partial charge in [-0.15, -0.1) is 0 Å². The third kappa shape index (κ3) is 1.75. The molecule has 3 heteroatoms. The van der Waals surface area contributed by atoms with E-state index in [1.54, 1.807) is 0 Å². The number of nitrogens with zero attached hydrogens (tertiary/aromatic N) is 3. The molecule has 0 amide bonds. The van der Waals surface area contributed by atoms with E-state index in [-0.39, 0.29) is 5.41 Å². The average molecular weight is 235 g/mol. The Morgan fingerprint density at radius 1 is 1.22 bits per heavy atom. The summed E-state index contributed by atoms with van der Waals surface area (Å²) < 4.78 is 2.18. The molecule has 1 aliphatic rings. The van der Waals surface area contributed by atoms with Crippen molar-refractivity contribution in [1.82, 2.24) is 4.57 Å². The van der Waals surface area contributed by atoms with Crippen LogP contribution in [0.5, 0.6) is 0 Å². The Hall–Kier alpha value is -2.26. The number of hydrogen-bond acceptors (Lipinski definition) is 2. The van der Waals surface area contributed by atoms with Crippen molar-refractivity contribution in [2.75, 3.05) is 0 Å². The van der Waals surface area contributed by atoms with Crippen molar-refractivity contribution in [2.45, 2.75) is 25.8 Å². The minimum atomic E-state index is 0.184. The molecule has 0 N–H and O–H groups in total. The van der Waals surface area contributed by atoms with Crippen molar-refractivity contribution in [3.63, 3.8) is 0 Å². The van der Waals surface area contributed by atoms with Crippen LogP contribution in [-0.4, -0.2) is 4.57 Å². The van der Waals surface area contributed by atoms with Gasteiger partial charge in [0.15, 0.2) is 0 Å². The first-order chi connectivity index (χ1) is 8.76. The molecule has 1 saturated carbocycles. The summed E-state index contributed by atoms with van der Waals surface area (Å²) in [5.41, 5.74) is 1.97. The Kier molecular flexibility index (Phi) is 2.35. The van der Waals surface area contributed by atoms with Crippen LogP contribution in [0.4, 0.5) is 0 Å². The fraction of sp³-hybridized carbons (Fsp3) is 0.333. The Balaban J connectivity index is 1.98. The van der Waals surface area contributed by atoms with Crippen molar-refractivity contribution in [1.29, 1.82) is 10.5 Å². The van der Waals surface area contributed by atoms with E-state index in [1.807, 2.05) is 18.2 Å². The fourth-order valence-electron chi connectivity index (χ4n) is 2.49. The first-order valence-electron chi connectivity index (χ1n) is 6.12. The van der Waals surface area contributed by atoms with E-state index in [2.05, 4.69) is 29.0 Å². The number of benzene rings is 1. The van der Waals surface area contributed by atoms with E-state index < -0.39 is 0 Å². The molecule has 1 aromatic carbocycles. The van der Waals surface area contributed by atoms with Crippen LogP contribution in [0.3, 0.4) is 0 Å². The van der Waals surface area contributed by atoms with Gasteiger partial charge in [0.1, 0.15) is 0 Å². The van der Waals surface area contributed by atoms with Crippen LogP contribution in [0.2, 0.25) is 0 Å². The standard InChI is InChI=1S/C15H13N3/c16-7-6-15(4-5-15)11-18-8-3-13-2-1-12(10-17)9-14(13)18/h1-3,8-9H,4-6,11H2. The van der Waals surface area contributed by atoms with Crippen LogP contribution in [0.1, 0.15) is 24.8 Å². The molecule has 0 radical (unpaired) electrons. The van der Waals surface area contributed by atoms with Crippen LogP contribution in [-0.2, 0) is 6.54 Å². The van der Waals surface area contributed by atoms with E-state index in [0.29, 0.717) is 12.0 Å². The number of nitriles is 2. The highest BCUT2D eigenvalue weighted by Crippen LogP contribution is 2.50. The van der Waals surface area contributed by atoms with Gasteiger partial charge in [0.25, 0.3) is 0 Å². The molecule has 18 heavy (non-hydrogen) atoms. The smallest absolute Gasteiger partial charge is 0.0992 e. The molecule has 3 rings (SSSR count). The minimum Gasteiger partial charge on any atom is -0.347 e. The Morgan fingerprint density at radius 2 is 2.06 bits per heavy atom. The highest BCUT2D eigenvalue weighted by atomic mass is 15.0. The van der Waals surface area contributed by atoms with E-state index in [9.17, 15) is 0 Å². The first-order valence-corrected chi connectivity index (χ1v) is 6.12. The van der Waals surface area contributed by atoms with Gasteiger partial charge in [0, 0.05) is 30.1 Å². The zero-order chi connectivity index (χ0) is 12.6. The Bertz CT molecular complexity index is 678. The zero-order valence-corrected chi connectivity index (χ0v) is 10.1. The second-order valence-corrected chi connectivity index (χ2v) is 5.16. The average Bonchev–Trinajstić information content (AvgIpc) is 3.03. The summed E-state index contributed by atoms with van der Waals surface area (Å²) in [6.07, 6.45) is 4.96. The third-order valence-electron chi connectivity index (χ3n) is 3.82. The maximum Gasteiger partial charge on any atom is 0.0992 e. The lowest BCUT2D eigenvalue weighted by atomic mass is 10.0. The van der Waals surface area contributed by atoms with Gasteiger partial charge in [0.05, 0.1) is 17.7 Å². The number of fused-ring (bicyclic) bond motifs is 1. The molecule has 1 aromatic heterocycles. The Morgan fingerprint density at radius 3 is 2.72 bits per heavy atom. The van der Waals surface area contributed by atoms with Crippen molar-refractivity contribution < 1.29 is 0 Å². The van der Waals surface area contributed by atoms with E-state index in [0.717, 1.165) is 30.3 Å². The summed E-state index contributed by atoms with van der Waals surface area (Å²) >= 11 is 0. The molecule has 1 aliphatic carbocycles. The van der Waals surface area contributed by atoms with Gasteiger partial charge >= 0.3 is 0 Å². The topological polar surface area (TPSA) is 52.5 Å². The predicted molar refractivity (Wildman–Crippen MR) is 68.6 cm³/mol. The lowest BCUT2D eigenvalue weighted by Gasteiger charge is -2.13. The lowest BCUT2D eigenvalue weighted by Crippen LogP contribution is -2.10. The molecule has 88 valence electrons. The number of hydrogen-bond donors (Lipinski definition) is 0. The summed E-state index contributed by atoms with van der Waals surface area (Å²) in [7, 11) is 0. The molecule has 0 aliphatic heterocycles. The summed E-state index contributed by atoms with van der Waals surface area (Å²) in [5.74, 6) is 0. The molecular formula is C15H13N3. The zero-order valence-electron chi connectivity index (χ0n) is 10.1. The normalized spacial score (nSPS) is 16.1. The van der Waals surface area contributed by atoms with Crippen molar-refractivity contribution in [3.8, 4) is 12.1 Å². The van der Waals surface area contributed by atoms with Gasteiger partial charge < -0.3 is 4.57 Å². The summed E-state index contributed by atoms with van der Waals surface area (Å²) in [5, 5.41) is 19.0. The molecule has 0 spiro atoms. The highest BCUT2D eigenvalue weighted by molar-refractivity contribution is 5.81. The van der Waals surface area contributed by atoms with E-state index in [1.165, 1.54) is 0 Å².